The minimum atomic E-state index is -0.0882. The number of ether oxygens (including phenoxy) is 2. The fraction of sp³-hybridized carbons (Fsp3) is 0.323. The molecule has 0 radical (unpaired) electrons. The number of carbonyl (C=O) groups excluding carboxylic acids is 1. The maximum atomic E-state index is 13.2. The Morgan fingerprint density at radius 1 is 1.00 bits per heavy atom. The molecule has 1 unspecified atom stereocenters. The molecule has 1 amide bonds. The molecular formula is C31H35N3O3. The van der Waals surface area contributed by atoms with Gasteiger partial charge in [0.05, 0.1) is 13.2 Å². The molecule has 0 spiro atoms. The first-order valence-corrected chi connectivity index (χ1v) is 13.0. The van der Waals surface area contributed by atoms with Crippen LogP contribution in [0.5, 0.6) is 5.75 Å². The van der Waals surface area contributed by atoms with Gasteiger partial charge in [-0.3, -0.25) is 9.69 Å². The Hall–Kier alpha value is -3.61. The zero-order chi connectivity index (χ0) is 25.5. The molecule has 1 fully saturated rings. The molecule has 1 aliphatic heterocycles. The standard InChI is InChI=1S/C31H35N3O3/c1-33-22-29(27-12-5-6-13-30(27)33)28(21-31(35)32-14-15-34-16-18-36-19-17-34)25-10-7-11-26(20-25)37-23-24-8-3-2-4-9-24/h2-13,20,22,28H,14-19,21,23H2,1H3,(H,32,35). The Kier molecular flexibility index (Phi) is 8.18. The number of aryl methyl sites for hydroxylation is 1. The number of carbonyl (C=O) groups is 1. The zero-order valence-corrected chi connectivity index (χ0v) is 21.4. The molecule has 37 heavy (non-hydrogen) atoms. The van der Waals surface area contributed by atoms with E-state index in [2.05, 4.69) is 76.6 Å². The number of aromatic nitrogens is 1. The smallest absolute Gasteiger partial charge is 0.220 e. The summed E-state index contributed by atoms with van der Waals surface area (Å²) in [6, 6.07) is 26.7. The molecule has 6 nitrogen and oxygen atoms in total. The first kappa shape index (κ1) is 25.1. The van der Waals surface area contributed by atoms with Gasteiger partial charge in [-0.25, -0.2) is 0 Å². The molecule has 1 aliphatic rings. The molecule has 192 valence electrons. The normalized spacial score (nSPS) is 14.9. The number of nitrogens with one attached hydrogen (secondary N) is 1. The number of hydrogen-bond donors (Lipinski definition) is 1. The van der Waals surface area contributed by atoms with Gasteiger partial charge in [0, 0.05) is 62.7 Å². The van der Waals surface area contributed by atoms with Crippen LogP contribution in [0, 0.1) is 0 Å². The Balaban J connectivity index is 1.35. The van der Waals surface area contributed by atoms with Crippen molar-refractivity contribution >= 4 is 16.8 Å². The molecule has 5 rings (SSSR count). The van der Waals surface area contributed by atoms with E-state index in [-0.39, 0.29) is 11.8 Å². The van der Waals surface area contributed by atoms with E-state index >= 15 is 0 Å². The van der Waals surface area contributed by atoms with Crippen LogP contribution >= 0.6 is 0 Å². The van der Waals surface area contributed by atoms with Crippen molar-refractivity contribution in [1.82, 2.24) is 14.8 Å². The minimum absolute atomic E-state index is 0.0572. The number of amides is 1. The fourth-order valence-electron chi connectivity index (χ4n) is 5.06. The Bertz CT molecular complexity index is 1310. The molecule has 6 heteroatoms. The molecule has 0 saturated carbocycles. The van der Waals surface area contributed by atoms with Gasteiger partial charge in [-0.2, -0.15) is 0 Å². The third-order valence-corrected chi connectivity index (χ3v) is 7.06. The number of nitrogens with zero attached hydrogens (tertiary/aromatic N) is 2. The average Bonchev–Trinajstić information content (AvgIpc) is 3.28. The number of morpholine rings is 1. The molecule has 4 aromatic rings. The highest BCUT2D eigenvalue weighted by Crippen LogP contribution is 2.35. The first-order chi connectivity index (χ1) is 18.2. The van der Waals surface area contributed by atoms with E-state index in [1.807, 2.05) is 30.3 Å². The lowest BCUT2D eigenvalue weighted by molar-refractivity contribution is -0.121. The lowest BCUT2D eigenvalue weighted by Gasteiger charge is -2.26. The third kappa shape index (κ3) is 6.40. The van der Waals surface area contributed by atoms with Gasteiger partial charge in [-0.15, -0.1) is 0 Å². The third-order valence-electron chi connectivity index (χ3n) is 7.06. The predicted octanol–water partition coefficient (Wildman–Crippen LogP) is 4.73. The lowest BCUT2D eigenvalue weighted by atomic mass is 9.88. The predicted molar refractivity (Wildman–Crippen MR) is 147 cm³/mol. The van der Waals surface area contributed by atoms with Crippen LogP contribution < -0.4 is 10.1 Å². The second-order valence-corrected chi connectivity index (χ2v) is 9.62. The van der Waals surface area contributed by atoms with Crippen LogP contribution in [0.1, 0.15) is 29.0 Å². The molecule has 3 aromatic carbocycles. The lowest BCUT2D eigenvalue weighted by Crippen LogP contribution is -2.41. The highest BCUT2D eigenvalue weighted by atomic mass is 16.5. The van der Waals surface area contributed by atoms with E-state index in [1.165, 1.54) is 5.39 Å². The highest BCUT2D eigenvalue weighted by Gasteiger charge is 2.23. The monoisotopic (exact) mass is 497 g/mol. The summed E-state index contributed by atoms with van der Waals surface area (Å²) < 4.78 is 13.7. The van der Waals surface area contributed by atoms with Crippen molar-refractivity contribution in [2.24, 2.45) is 7.05 Å². The maximum absolute atomic E-state index is 13.2. The van der Waals surface area contributed by atoms with Crippen molar-refractivity contribution in [1.29, 1.82) is 0 Å². The second kappa shape index (κ2) is 12.1. The van der Waals surface area contributed by atoms with Crippen molar-refractivity contribution in [3.63, 3.8) is 0 Å². The molecule has 1 atom stereocenters. The van der Waals surface area contributed by atoms with E-state index in [0.717, 1.165) is 60.8 Å². The van der Waals surface area contributed by atoms with E-state index in [4.69, 9.17) is 9.47 Å². The summed E-state index contributed by atoms with van der Waals surface area (Å²) >= 11 is 0. The van der Waals surface area contributed by atoms with E-state index in [1.54, 1.807) is 0 Å². The van der Waals surface area contributed by atoms with Gasteiger partial charge >= 0.3 is 0 Å². The van der Waals surface area contributed by atoms with E-state index < -0.39 is 0 Å². The number of benzene rings is 3. The number of hydrogen-bond acceptors (Lipinski definition) is 4. The number of fused-ring (bicyclic) bond motifs is 1. The molecule has 0 bridgehead atoms. The van der Waals surface area contributed by atoms with Gasteiger partial charge in [0.25, 0.3) is 0 Å². The summed E-state index contributed by atoms with van der Waals surface area (Å²) in [6.07, 6.45) is 2.53. The van der Waals surface area contributed by atoms with Gasteiger partial charge in [0.2, 0.25) is 5.91 Å². The number of rotatable bonds is 10. The minimum Gasteiger partial charge on any atom is -0.489 e. The summed E-state index contributed by atoms with van der Waals surface area (Å²) in [4.78, 5) is 15.5. The molecule has 2 heterocycles. The first-order valence-electron chi connectivity index (χ1n) is 13.0. The van der Waals surface area contributed by atoms with Crippen LogP contribution in [-0.2, 0) is 23.2 Å². The zero-order valence-electron chi connectivity index (χ0n) is 21.4. The summed E-state index contributed by atoms with van der Waals surface area (Å²) in [7, 11) is 2.06. The Morgan fingerprint density at radius 3 is 2.62 bits per heavy atom. The van der Waals surface area contributed by atoms with Crippen molar-refractivity contribution in [3.05, 3.63) is 102 Å². The van der Waals surface area contributed by atoms with Crippen LogP contribution in [-0.4, -0.2) is 54.8 Å². The largest absolute Gasteiger partial charge is 0.489 e. The second-order valence-electron chi connectivity index (χ2n) is 9.62. The van der Waals surface area contributed by atoms with Crippen LogP contribution in [0.2, 0.25) is 0 Å². The molecular weight excluding hydrogens is 462 g/mol. The van der Waals surface area contributed by atoms with Gasteiger partial charge in [-0.1, -0.05) is 60.7 Å². The van der Waals surface area contributed by atoms with Crippen LogP contribution in [0.15, 0.2) is 85.1 Å². The SMILES string of the molecule is Cn1cc(C(CC(=O)NCCN2CCOCC2)c2cccc(OCc3ccccc3)c2)c2ccccc21. The van der Waals surface area contributed by atoms with Crippen LogP contribution in [0.4, 0.5) is 0 Å². The molecule has 1 aromatic heterocycles. The van der Waals surface area contributed by atoms with Crippen molar-refractivity contribution in [3.8, 4) is 5.75 Å². The fourth-order valence-corrected chi connectivity index (χ4v) is 5.06. The van der Waals surface area contributed by atoms with E-state index in [0.29, 0.717) is 19.6 Å². The van der Waals surface area contributed by atoms with Crippen molar-refractivity contribution < 1.29 is 14.3 Å². The Labute approximate surface area is 218 Å². The molecule has 0 aliphatic carbocycles. The van der Waals surface area contributed by atoms with Crippen LogP contribution in [0.25, 0.3) is 10.9 Å². The summed E-state index contributed by atoms with van der Waals surface area (Å²) in [6.45, 7) is 5.36. The summed E-state index contributed by atoms with van der Waals surface area (Å²) in [5.41, 5.74) is 4.51. The van der Waals surface area contributed by atoms with Crippen molar-refractivity contribution in [2.45, 2.75) is 18.9 Å². The average molecular weight is 498 g/mol. The maximum Gasteiger partial charge on any atom is 0.220 e. The quantitative estimate of drug-likeness (QED) is 0.344. The van der Waals surface area contributed by atoms with Gasteiger partial charge in [0.15, 0.2) is 0 Å². The molecule has 1 N–H and O–H groups in total. The molecule has 1 saturated heterocycles. The highest BCUT2D eigenvalue weighted by molar-refractivity contribution is 5.86. The summed E-state index contributed by atoms with van der Waals surface area (Å²) in [5.74, 6) is 0.774. The number of para-hydroxylation sites is 1. The summed E-state index contributed by atoms with van der Waals surface area (Å²) in [5, 5.41) is 4.33. The topological polar surface area (TPSA) is 55.7 Å². The van der Waals surface area contributed by atoms with Gasteiger partial charge < -0.3 is 19.4 Å². The van der Waals surface area contributed by atoms with Gasteiger partial charge in [-0.05, 0) is 34.9 Å². The van der Waals surface area contributed by atoms with E-state index in [9.17, 15) is 4.79 Å². The van der Waals surface area contributed by atoms with Gasteiger partial charge in [0.1, 0.15) is 12.4 Å². The Morgan fingerprint density at radius 2 is 1.78 bits per heavy atom. The van der Waals surface area contributed by atoms with Crippen LogP contribution in [0.3, 0.4) is 0 Å². The van der Waals surface area contributed by atoms with Crippen molar-refractivity contribution in [2.75, 3.05) is 39.4 Å².